The molecule has 2 bridgehead atoms. The van der Waals surface area contributed by atoms with E-state index in [4.69, 9.17) is 4.74 Å². The molecule has 2 unspecified atom stereocenters. The third-order valence-corrected chi connectivity index (χ3v) is 6.62. The molecule has 2 saturated heterocycles. The quantitative estimate of drug-likeness (QED) is 0.842. The molecule has 2 aliphatic heterocycles. The first kappa shape index (κ1) is 16.3. The maximum absolute atomic E-state index is 12.6. The van der Waals surface area contributed by atoms with Crippen molar-refractivity contribution in [2.75, 3.05) is 12.9 Å². The van der Waals surface area contributed by atoms with Crippen molar-refractivity contribution < 1.29 is 17.9 Å². The van der Waals surface area contributed by atoms with Crippen LogP contribution in [-0.2, 0) is 14.6 Å². The van der Waals surface area contributed by atoms with Crippen LogP contribution in [0.2, 0.25) is 0 Å². The lowest BCUT2D eigenvalue weighted by atomic mass is 10.0. The van der Waals surface area contributed by atoms with Crippen LogP contribution in [0.1, 0.15) is 31.2 Å². The normalized spacial score (nSPS) is 27.0. The van der Waals surface area contributed by atoms with Crippen molar-refractivity contribution in [2.24, 2.45) is 0 Å². The zero-order chi connectivity index (χ0) is 16.6. The number of para-hydroxylation sites is 1. The van der Waals surface area contributed by atoms with Gasteiger partial charge >= 0.3 is 0 Å². The lowest BCUT2D eigenvalue weighted by Gasteiger charge is -2.38. The number of carbonyl (C=O) groups excluding carboxylic acids is 1. The van der Waals surface area contributed by atoms with Gasteiger partial charge in [-0.1, -0.05) is 18.2 Å². The summed E-state index contributed by atoms with van der Waals surface area (Å²) in [6, 6.07) is 7.70. The Balaban J connectivity index is 1.64. The van der Waals surface area contributed by atoms with Crippen LogP contribution in [0.5, 0.6) is 5.75 Å². The highest BCUT2D eigenvalue weighted by Gasteiger charge is 2.45. The van der Waals surface area contributed by atoms with Crippen LogP contribution in [0.15, 0.2) is 24.3 Å². The summed E-state index contributed by atoms with van der Waals surface area (Å²) in [5, 5.41) is -0.304. The number of rotatable bonds is 4. The monoisotopic (exact) mass is 337 g/mol. The lowest BCUT2D eigenvalue weighted by Crippen LogP contribution is -2.51. The van der Waals surface area contributed by atoms with Crippen molar-refractivity contribution in [3.05, 3.63) is 29.8 Å². The molecular weight excluding hydrogens is 314 g/mol. The number of carbonyl (C=O) groups is 1. The molecule has 0 spiro atoms. The summed E-state index contributed by atoms with van der Waals surface area (Å²) >= 11 is 0. The van der Waals surface area contributed by atoms with E-state index in [1.807, 2.05) is 36.1 Å². The second kappa shape index (κ2) is 6.15. The van der Waals surface area contributed by atoms with Gasteiger partial charge in [-0.05, 0) is 44.2 Å². The number of hydrogen-bond donors (Lipinski definition) is 0. The highest BCUT2D eigenvalue weighted by Crippen LogP contribution is 2.38. The molecule has 0 aliphatic carbocycles. The summed E-state index contributed by atoms with van der Waals surface area (Å²) in [6.45, 7) is 1.96. The van der Waals surface area contributed by atoms with E-state index in [1.165, 1.54) is 6.26 Å². The van der Waals surface area contributed by atoms with E-state index in [0.717, 1.165) is 24.2 Å². The number of hydrogen-bond acceptors (Lipinski definition) is 4. The van der Waals surface area contributed by atoms with Crippen molar-refractivity contribution in [3.8, 4) is 5.75 Å². The summed E-state index contributed by atoms with van der Waals surface area (Å²) in [5.74, 6) is 0.687. The smallest absolute Gasteiger partial charge is 0.261 e. The van der Waals surface area contributed by atoms with Gasteiger partial charge in [0, 0.05) is 18.3 Å². The minimum Gasteiger partial charge on any atom is -0.484 e. The van der Waals surface area contributed by atoms with E-state index < -0.39 is 9.84 Å². The number of nitrogens with zero attached hydrogens (tertiary/aromatic N) is 1. The Labute approximate surface area is 137 Å². The van der Waals surface area contributed by atoms with Crippen molar-refractivity contribution in [1.82, 2.24) is 4.90 Å². The number of piperidine rings is 1. The van der Waals surface area contributed by atoms with Crippen LogP contribution >= 0.6 is 0 Å². The minimum absolute atomic E-state index is 0.0153. The summed E-state index contributed by atoms with van der Waals surface area (Å²) in [5.41, 5.74) is 0.999. The molecule has 0 aromatic heterocycles. The molecule has 1 amide bonds. The maximum atomic E-state index is 12.6. The highest BCUT2D eigenvalue weighted by atomic mass is 32.2. The van der Waals surface area contributed by atoms with Crippen LogP contribution in [0.25, 0.3) is 0 Å². The van der Waals surface area contributed by atoms with Crippen molar-refractivity contribution >= 4 is 15.7 Å². The molecule has 0 saturated carbocycles. The van der Waals surface area contributed by atoms with Crippen LogP contribution in [0.3, 0.4) is 0 Å². The van der Waals surface area contributed by atoms with Gasteiger partial charge in [0.2, 0.25) is 0 Å². The first-order chi connectivity index (χ1) is 10.9. The van der Waals surface area contributed by atoms with Gasteiger partial charge < -0.3 is 9.64 Å². The van der Waals surface area contributed by atoms with Crippen LogP contribution in [-0.4, -0.2) is 49.4 Å². The summed E-state index contributed by atoms with van der Waals surface area (Å²) < 4.78 is 29.3. The van der Waals surface area contributed by atoms with Crippen molar-refractivity contribution in [2.45, 2.75) is 49.9 Å². The molecule has 1 aromatic carbocycles. The van der Waals surface area contributed by atoms with E-state index in [2.05, 4.69) is 0 Å². The Kier molecular flexibility index (Phi) is 4.36. The second-order valence-electron chi connectivity index (χ2n) is 6.66. The van der Waals surface area contributed by atoms with E-state index >= 15 is 0 Å². The number of amides is 1. The van der Waals surface area contributed by atoms with E-state index in [0.29, 0.717) is 12.8 Å². The largest absolute Gasteiger partial charge is 0.484 e. The number of fused-ring (bicyclic) bond motifs is 2. The van der Waals surface area contributed by atoms with Crippen molar-refractivity contribution in [3.63, 3.8) is 0 Å². The molecule has 2 heterocycles. The summed E-state index contributed by atoms with van der Waals surface area (Å²) in [6.07, 6.45) is 4.21. The Morgan fingerprint density at radius 1 is 1.22 bits per heavy atom. The molecule has 23 heavy (non-hydrogen) atoms. The molecule has 2 fully saturated rings. The standard InChI is InChI=1S/C17H23NO4S/c1-12-5-3-4-6-16(12)22-11-17(19)18-13-7-8-14(18)10-15(9-13)23(2,20)21/h3-6,13-15H,7-11H2,1-2H3. The third kappa shape index (κ3) is 3.37. The van der Waals surface area contributed by atoms with Crippen LogP contribution < -0.4 is 4.74 Å². The average molecular weight is 337 g/mol. The Morgan fingerprint density at radius 2 is 1.83 bits per heavy atom. The molecule has 3 rings (SSSR count). The van der Waals surface area contributed by atoms with E-state index in [1.54, 1.807) is 0 Å². The Bertz CT molecular complexity index is 686. The van der Waals surface area contributed by atoms with Gasteiger partial charge in [-0.2, -0.15) is 0 Å². The summed E-state index contributed by atoms with van der Waals surface area (Å²) in [4.78, 5) is 14.4. The fourth-order valence-electron chi connectivity index (χ4n) is 3.82. The molecule has 5 nitrogen and oxygen atoms in total. The Morgan fingerprint density at radius 3 is 2.39 bits per heavy atom. The fraction of sp³-hybridized carbons (Fsp3) is 0.588. The van der Waals surface area contributed by atoms with Crippen LogP contribution in [0.4, 0.5) is 0 Å². The van der Waals surface area contributed by atoms with Crippen LogP contribution in [0, 0.1) is 6.92 Å². The number of aryl methyl sites for hydroxylation is 1. The molecule has 0 radical (unpaired) electrons. The van der Waals surface area contributed by atoms with Gasteiger partial charge in [0.05, 0.1) is 5.25 Å². The molecule has 0 N–H and O–H groups in total. The van der Waals surface area contributed by atoms with E-state index in [-0.39, 0.29) is 29.8 Å². The zero-order valence-electron chi connectivity index (χ0n) is 13.6. The molecular formula is C17H23NO4S. The highest BCUT2D eigenvalue weighted by molar-refractivity contribution is 7.91. The molecule has 2 aliphatic rings. The zero-order valence-corrected chi connectivity index (χ0v) is 14.4. The van der Waals surface area contributed by atoms with Gasteiger partial charge in [0.15, 0.2) is 6.61 Å². The molecule has 1 aromatic rings. The summed E-state index contributed by atoms with van der Waals surface area (Å²) in [7, 11) is -3.03. The molecule has 6 heteroatoms. The maximum Gasteiger partial charge on any atom is 0.261 e. The lowest BCUT2D eigenvalue weighted by molar-refractivity contribution is -0.137. The second-order valence-corrected chi connectivity index (χ2v) is 8.99. The number of sulfone groups is 1. The first-order valence-corrected chi connectivity index (χ1v) is 10.00. The SMILES string of the molecule is Cc1ccccc1OCC(=O)N1C2CCC1CC(S(C)(=O)=O)C2. The third-order valence-electron chi connectivity index (χ3n) is 5.03. The fourth-order valence-corrected chi connectivity index (χ4v) is 4.96. The average Bonchev–Trinajstić information content (AvgIpc) is 2.75. The number of benzene rings is 1. The predicted octanol–water partition coefficient (Wildman–Crippen LogP) is 1.94. The van der Waals surface area contributed by atoms with Gasteiger partial charge in [-0.15, -0.1) is 0 Å². The van der Waals surface area contributed by atoms with Gasteiger partial charge in [0.1, 0.15) is 15.6 Å². The predicted molar refractivity (Wildman–Crippen MR) is 88.2 cm³/mol. The van der Waals surface area contributed by atoms with Crippen molar-refractivity contribution in [1.29, 1.82) is 0 Å². The Hall–Kier alpha value is -1.56. The first-order valence-electron chi connectivity index (χ1n) is 8.04. The van der Waals surface area contributed by atoms with E-state index in [9.17, 15) is 13.2 Å². The van der Waals surface area contributed by atoms with Gasteiger partial charge in [-0.25, -0.2) is 8.42 Å². The topological polar surface area (TPSA) is 63.7 Å². The minimum atomic E-state index is -3.03. The van der Waals surface area contributed by atoms with Gasteiger partial charge in [-0.3, -0.25) is 4.79 Å². The number of ether oxygens (including phenoxy) is 1. The molecule has 2 atom stereocenters. The molecule has 126 valence electrons. The van der Waals surface area contributed by atoms with Gasteiger partial charge in [0.25, 0.3) is 5.91 Å².